The number of hydrazine groups is 1. The molecule has 34 heavy (non-hydrogen) atoms. The van der Waals surface area contributed by atoms with E-state index in [9.17, 15) is 10.1 Å². The number of aromatic nitrogens is 1. The number of carbonyl (C=O) groups is 1. The predicted octanol–water partition coefficient (Wildman–Crippen LogP) is 4.74. The van der Waals surface area contributed by atoms with Crippen molar-refractivity contribution in [1.29, 1.82) is 5.26 Å². The minimum absolute atomic E-state index is 0.0656. The van der Waals surface area contributed by atoms with Gasteiger partial charge in [-0.2, -0.15) is 5.26 Å². The van der Waals surface area contributed by atoms with Crippen LogP contribution in [0.4, 0.5) is 23.0 Å². The molecule has 5 rings (SSSR count). The van der Waals surface area contributed by atoms with E-state index in [1.54, 1.807) is 0 Å². The van der Waals surface area contributed by atoms with Crippen molar-refractivity contribution in [2.24, 2.45) is 5.41 Å². The standard InChI is InChI=1S/C27H26N6O/c1-27(2)13-19-22(20(34)14-27)21(16-9-5-3-6-10-16)23-24(29)18(15-28)25(30)31-26(23)33(19)32-17-11-7-4-8-12-17/h3-12,21,32H,13-14H2,1-2H3,(H4,29,30,31)/t21-/m1/s1. The highest BCUT2D eigenvalue weighted by Crippen LogP contribution is 2.53. The fourth-order valence-corrected chi connectivity index (χ4v) is 5.04. The number of nitrogens with two attached hydrogens (primary N) is 2. The van der Waals surface area contributed by atoms with Crippen LogP contribution >= 0.6 is 0 Å². The van der Waals surface area contributed by atoms with Crippen LogP contribution in [0.25, 0.3) is 0 Å². The first-order chi connectivity index (χ1) is 16.3. The number of Topliss-reactive ketones (excluding diaryl/α,β-unsaturated/α-hetero) is 1. The lowest BCUT2D eigenvalue weighted by Gasteiger charge is -2.44. The van der Waals surface area contributed by atoms with E-state index in [0.717, 1.165) is 16.9 Å². The van der Waals surface area contributed by atoms with Crippen LogP contribution < -0.4 is 21.9 Å². The number of carbonyl (C=O) groups excluding carboxylic acids is 1. The quantitative estimate of drug-likeness (QED) is 0.527. The van der Waals surface area contributed by atoms with E-state index in [0.29, 0.717) is 29.8 Å². The van der Waals surface area contributed by atoms with Gasteiger partial charge in [0.1, 0.15) is 17.5 Å². The molecule has 1 atom stereocenters. The van der Waals surface area contributed by atoms with Crippen molar-refractivity contribution >= 4 is 28.8 Å². The zero-order valence-electron chi connectivity index (χ0n) is 19.2. The number of allylic oxidation sites excluding steroid dienone is 2. The van der Waals surface area contributed by atoms with Gasteiger partial charge < -0.3 is 11.5 Å². The molecular weight excluding hydrogens is 424 g/mol. The lowest BCUT2D eigenvalue weighted by atomic mass is 9.68. The minimum Gasteiger partial charge on any atom is -0.397 e. The van der Waals surface area contributed by atoms with Gasteiger partial charge in [-0.15, -0.1) is 0 Å². The van der Waals surface area contributed by atoms with Gasteiger partial charge in [0.25, 0.3) is 0 Å². The molecule has 0 spiro atoms. The summed E-state index contributed by atoms with van der Waals surface area (Å²) >= 11 is 0. The van der Waals surface area contributed by atoms with Gasteiger partial charge in [0.2, 0.25) is 0 Å². The molecule has 0 fully saturated rings. The summed E-state index contributed by atoms with van der Waals surface area (Å²) in [6, 6.07) is 21.5. The first kappa shape index (κ1) is 21.5. The van der Waals surface area contributed by atoms with E-state index in [2.05, 4.69) is 30.3 Å². The third kappa shape index (κ3) is 3.44. The molecule has 2 aromatic carbocycles. The average Bonchev–Trinajstić information content (AvgIpc) is 2.80. The maximum atomic E-state index is 13.7. The molecule has 0 radical (unpaired) electrons. The Bertz CT molecular complexity index is 1360. The van der Waals surface area contributed by atoms with Crippen LogP contribution in [0, 0.1) is 16.7 Å². The molecule has 1 aromatic heterocycles. The zero-order valence-corrected chi connectivity index (χ0v) is 19.2. The summed E-state index contributed by atoms with van der Waals surface area (Å²) in [6.07, 6.45) is 1.09. The highest BCUT2D eigenvalue weighted by molar-refractivity contribution is 6.03. The molecule has 7 heteroatoms. The van der Waals surface area contributed by atoms with Crippen LogP contribution in [0.3, 0.4) is 0 Å². The molecule has 5 N–H and O–H groups in total. The molecule has 2 heterocycles. The average molecular weight is 451 g/mol. The van der Waals surface area contributed by atoms with Gasteiger partial charge in [-0.05, 0) is 29.5 Å². The Labute approximate surface area is 198 Å². The Kier molecular flexibility index (Phi) is 5.02. The third-order valence-corrected chi connectivity index (χ3v) is 6.50. The first-order valence-electron chi connectivity index (χ1n) is 11.2. The molecule has 1 aliphatic carbocycles. The second-order valence-corrected chi connectivity index (χ2v) is 9.59. The van der Waals surface area contributed by atoms with Gasteiger partial charge in [0.15, 0.2) is 11.6 Å². The number of ketones is 1. The van der Waals surface area contributed by atoms with E-state index in [1.807, 2.05) is 65.7 Å². The lowest BCUT2D eigenvalue weighted by molar-refractivity contribution is -0.118. The Morgan fingerprint density at radius 3 is 2.35 bits per heavy atom. The van der Waals surface area contributed by atoms with E-state index < -0.39 is 5.92 Å². The van der Waals surface area contributed by atoms with Crippen molar-refractivity contribution in [2.75, 3.05) is 21.9 Å². The van der Waals surface area contributed by atoms with Crippen LogP contribution in [-0.4, -0.2) is 10.8 Å². The Balaban J connectivity index is 1.84. The van der Waals surface area contributed by atoms with Gasteiger partial charge in [-0.25, -0.2) is 9.99 Å². The summed E-state index contributed by atoms with van der Waals surface area (Å²) in [6.45, 7) is 4.19. The van der Waals surface area contributed by atoms with Gasteiger partial charge in [0.05, 0.1) is 17.1 Å². The van der Waals surface area contributed by atoms with Crippen molar-refractivity contribution in [3.63, 3.8) is 0 Å². The van der Waals surface area contributed by atoms with Crippen molar-refractivity contribution < 1.29 is 4.79 Å². The summed E-state index contributed by atoms with van der Waals surface area (Å²) in [5.41, 5.74) is 20.3. The van der Waals surface area contributed by atoms with Gasteiger partial charge in [0, 0.05) is 23.5 Å². The molecular formula is C27H26N6O. The molecule has 7 nitrogen and oxygen atoms in total. The van der Waals surface area contributed by atoms with Crippen LogP contribution in [0.5, 0.6) is 0 Å². The second-order valence-electron chi connectivity index (χ2n) is 9.59. The van der Waals surface area contributed by atoms with Crippen LogP contribution in [-0.2, 0) is 4.79 Å². The van der Waals surface area contributed by atoms with Gasteiger partial charge in [-0.1, -0.05) is 62.4 Å². The minimum atomic E-state index is -0.441. The molecule has 3 aromatic rings. The second kappa shape index (κ2) is 7.92. The number of nitrogens with zero attached hydrogens (tertiary/aromatic N) is 3. The Morgan fingerprint density at radius 2 is 1.71 bits per heavy atom. The van der Waals surface area contributed by atoms with Crippen LogP contribution in [0.2, 0.25) is 0 Å². The lowest BCUT2D eigenvalue weighted by Crippen LogP contribution is -2.43. The van der Waals surface area contributed by atoms with Gasteiger partial charge in [-0.3, -0.25) is 10.2 Å². The van der Waals surface area contributed by atoms with Crippen molar-refractivity contribution in [3.8, 4) is 6.07 Å². The molecule has 2 aliphatic rings. The summed E-state index contributed by atoms with van der Waals surface area (Å²) < 4.78 is 0. The maximum Gasteiger partial charge on any atom is 0.162 e. The fraction of sp³-hybridized carbons (Fsp3) is 0.222. The summed E-state index contributed by atoms with van der Waals surface area (Å²) in [5.74, 6) is 0.205. The number of hydrogen-bond acceptors (Lipinski definition) is 7. The number of pyridine rings is 1. The maximum absolute atomic E-state index is 13.7. The summed E-state index contributed by atoms with van der Waals surface area (Å²) in [7, 11) is 0. The Hall–Kier alpha value is -4.31. The number of fused-ring (bicyclic) bond motifs is 1. The number of hydrogen-bond donors (Lipinski definition) is 3. The predicted molar refractivity (Wildman–Crippen MR) is 134 cm³/mol. The van der Waals surface area contributed by atoms with Crippen LogP contribution in [0.1, 0.15) is 49.3 Å². The number of benzene rings is 2. The van der Waals surface area contributed by atoms with E-state index in [1.165, 1.54) is 0 Å². The molecule has 0 saturated carbocycles. The van der Waals surface area contributed by atoms with E-state index >= 15 is 0 Å². The zero-order chi connectivity index (χ0) is 24.0. The topological polar surface area (TPSA) is 121 Å². The number of rotatable bonds is 3. The Morgan fingerprint density at radius 1 is 1.06 bits per heavy atom. The number of nitrogens with one attached hydrogen (secondary N) is 1. The number of para-hydroxylation sites is 1. The summed E-state index contributed by atoms with van der Waals surface area (Å²) in [5, 5.41) is 11.6. The normalized spacial score (nSPS) is 18.7. The monoisotopic (exact) mass is 450 g/mol. The molecule has 170 valence electrons. The van der Waals surface area contributed by atoms with Crippen molar-refractivity contribution in [3.05, 3.63) is 88.6 Å². The largest absolute Gasteiger partial charge is 0.397 e. The fourth-order valence-electron chi connectivity index (χ4n) is 5.04. The summed E-state index contributed by atoms with van der Waals surface area (Å²) in [4.78, 5) is 18.4. The number of anilines is 4. The highest BCUT2D eigenvalue weighted by atomic mass is 16.1. The van der Waals surface area contributed by atoms with Crippen LogP contribution in [0.15, 0.2) is 71.9 Å². The van der Waals surface area contributed by atoms with Gasteiger partial charge >= 0.3 is 0 Å². The van der Waals surface area contributed by atoms with Crippen molar-refractivity contribution in [1.82, 2.24) is 4.98 Å². The highest BCUT2D eigenvalue weighted by Gasteiger charge is 2.45. The number of nitriles is 1. The molecule has 0 unspecified atom stereocenters. The van der Waals surface area contributed by atoms with Crippen molar-refractivity contribution in [2.45, 2.75) is 32.6 Å². The van der Waals surface area contributed by atoms with E-state index in [-0.39, 0.29) is 28.3 Å². The number of nitrogen functional groups attached to an aromatic ring is 2. The van der Waals surface area contributed by atoms with E-state index in [4.69, 9.17) is 11.5 Å². The molecule has 1 aliphatic heterocycles. The molecule has 0 saturated heterocycles. The third-order valence-electron chi connectivity index (χ3n) is 6.50. The smallest absolute Gasteiger partial charge is 0.162 e. The molecule has 0 bridgehead atoms. The SMILES string of the molecule is CC1(C)CC(=O)C2=C(C1)N(Nc1ccccc1)c1nc(N)c(C#N)c(N)c1[C@@H]2c1ccccc1. The first-order valence-corrected chi connectivity index (χ1v) is 11.2. The molecule has 0 amide bonds.